The average Bonchev–Trinajstić information content (AvgIpc) is 3.21. The highest BCUT2D eigenvalue weighted by Gasteiger charge is 2.29. The number of fused-ring (bicyclic) bond motifs is 1. The first-order valence-corrected chi connectivity index (χ1v) is 12.2. The van der Waals surface area contributed by atoms with Gasteiger partial charge in [-0.15, -0.1) is 0 Å². The van der Waals surface area contributed by atoms with E-state index in [1.807, 2.05) is 6.07 Å². The molecule has 0 unspecified atom stereocenters. The van der Waals surface area contributed by atoms with Gasteiger partial charge in [0.05, 0.1) is 4.90 Å². The summed E-state index contributed by atoms with van der Waals surface area (Å²) in [6, 6.07) is 17.2. The van der Waals surface area contributed by atoms with Crippen molar-refractivity contribution in [2.24, 2.45) is 10.9 Å². The third-order valence-electron chi connectivity index (χ3n) is 5.93. The molecule has 2 aromatic carbocycles. The Morgan fingerprint density at radius 1 is 1.03 bits per heavy atom. The minimum absolute atomic E-state index is 0.378. The molecule has 0 spiro atoms. The van der Waals surface area contributed by atoms with E-state index in [1.54, 1.807) is 28.6 Å². The fourth-order valence-electron chi connectivity index (χ4n) is 4.24. The quantitative estimate of drug-likeness (QED) is 0.589. The molecule has 0 amide bonds. The summed E-state index contributed by atoms with van der Waals surface area (Å²) < 4.78 is 27.3. The molecule has 0 radical (unpaired) electrons. The predicted molar refractivity (Wildman–Crippen MR) is 121 cm³/mol. The maximum absolute atomic E-state index is 12.8. The lowest BCUT2D eigenvalue weighted by Gasteiger charge is -2.31. The van der Waals surface area contributed by atoms with Gasteiger partial charge in [0.25, 0.3) is 0 Å². The number of anilines is 1. The lowest BCUT2D eigenvalue weighted by Crippen LogP contribution is -2.42. The molecule has 0 aliphatic carbocycles. The van der Waals surface area contributed by atoms with Gasteiger partial charge in [-0.1, -0.05) is 36.4 Å². The topological polar surface area (TPSA) is 65.0 Å². The van der Waals surface area contributed by atoms with Crippen molar-refractivity contribution < 1.29 is 8.42 Å². The zero-order valence-corrected chi connectivity index (χ0v) is 18.3. The van der Waals surface area contributed by atoms with E-state index in [1.165, 1.54) is 11.3 Å². The lowest BCUT2D eigenvalue weighted by atomic mass is 9.98. The highest BCUT2D eigenvalue weighted by molar-refractivity contribution is 7.89. The third kappa shape index (κ3) is 4.37. The van der Waals surface area contributed by atoms with E-state index in [0.29, 0.717) is 23.9 Å². The smallest absolute Gasteiger partial charge is 0.243 e. The van der Waals surface area contributed by atoms with Crippen molar-refractivity contribution in [1.29, 1.82) is 0 Å². The van der Waals surface area contributed by atoms with Crippen LogP contribution in [0.1, 0.15) is 25.3 Å². The van der Waals surface area contributed by atoms with Crippen molar-refractivity contribution in [2.45, 2.75) is 31.1 Å². The fraction of sp³-hybridized carbons (Fsp3) is 0.435. The largest absolute Gasteiger partial charge is 0.356 e. The van der Waals surface area contributed by atoms with Gasteiger partial charge in [0, 0.05) is 38.4 Å². The molecule has 6 nitrogen and oxygen atoms in total. The van der Waals surface area contributed by atoms with Crippen LogP contribution in [0.15, 0.2) is 64.5 Å². The van der Waals surface area contributed by atoms with E-state index in [0.717, 1.165) is 44.9 Å². The SMILES string of the molecule is CCNC(=NCC1CCN(S(=O)(=O)c2ccccc2)CC1)N1CCc2ccccc21. The molecule has 160 valence electrons. The van der Waals surface area contributed by atoms with E-state index in [-0.39, 0.29) is 0 Å². The summed E-state index contributed by atoms with van der Waals surface area (Å²) in [4.78, 5) is 7.58. The Bertz CT molecular complexity index is 983. The molecule has 2 aliphatic rings. The van der Waals surface area contributed by atoms with E-state index in [4.69, 9.17) is 4.99 Å². The number of nitrogens with one attached hydrogen (secondary N) is 1. The van der Waals surface area contributed by atoms with Gasteiger partial charge >= 0.3 is 0 Å². The van der Waals surface area contributed by atoms with Gasteiger partial charge in [0.15, 0.2) is 5.96 Å². The molecule has 2 aromatic rings. The number of benzene rings is 2. The van der Waals surface area contributed by atoms with Crippen molar-refractivity contribution in [1.82, 2.24) is 9.62 Å². The molecule has 2 aliphatic heterocycles. The summed E-state index contributed by atoms with van der Waals surface area (Å²) in [6.45, 7) is 5.69. The lowest BCUT2D eigenvalue weighted by molar-refractivity contribution is 0.279. The minimum Gasteiger partial charge on any atom is -0.356 e. The number of rotatable bonds is 5. The Kier molecular flexibility index (Phi) is 6.39. The summed E-state index contributed by atoms with van der Waals surface area (Å²) in [5.41, 5.74) is 2.60. The Morgan fingerprint density at radius 2 is 1.73 bits per heavy atom. The first-order chi connectivity index (χ1) is 14.6. The second-order valence-corrected chi connectivity index (χ2v) is 9.82. The fourth-order valence-corrected chi connectivity index (χ4v) is 5.73. The normalized spacial score (nSPS) is 18.4. The van der Waals surface area contributed by atoms with Gasteiger partial charge in [-0.05, 0) is 55.9 Å². The van der Waals surface area contributed by atoms with Gasteiger partial charge < -0.3 is 10.2 Å². The molecule has 0 bridgehead atoms. The molecule has 30 heavy (non-hydrogen) atoms. The van der Waals surface area contributed by atoms with Crippen LogP contribution in [0, 0.1) is 5.92 Å². The Labute approximate surface area is 179 Å². The number of sulfonamides is 1. The van der Waals surface area contributed by atoms with Crippen LogP contribution in [-0.2, 0) is 16.4 Å². The molecule has 1 N–H and O–H groups in total. The average molecular weight is 427 g/mol. The number of hydrogen-bond donors (Lipinski definition) is 1. The van der Waals surface area contributed by atoms with Crippen LogP contribution in [0.2, 0.25) is 0 Å². The van der Waals surface area contributed by atoms with E-state index < -0.39 is 10.0 Å². The van der Waals surface area contributed by atoms with Gasteiger partial charge in [-0.2, -0.15) is 4.31 Å². The number of aliphatic imine (C=N–C) groups is 1. The van der Waals surface area contributed by atoms with E-state index >= 15 is 0 Å². The molecule has 0 atom stereocenters. The van der Waals surface area contributed by atoms with Crippen molar-refractivity contribution >= 4 is 21.7 Å². The number of para-hydroxylation sites is 1. The second-order valence-electron chi connectivity index (χ2n) is 7.89. The second kappa shape index (κ2) is 9.18. The zero-order chi connectivity index (χ0) is 21.0. The molecule has 2 heterocycles. The maximum Gasteiger partial charge on any atom is 0.243 e. The van der Waals surface area contributed by atoms with Crippen LogP contribution in [0.3, 0.4) is 0 Å². The summed E-state index contributed by atoms with van der Waals surface area (Å²) in [6.07, 6.45) is 2.72. The van der Waals surface area contributed by atoms with E-state index in [2.05, 4.69) is 41.4 Å². The molecule has 0 aromatic heterocycles. The Morgan fingerprint density at radius 3 is 2.47 bits per heavy atom. The Hall–Kier alpha value is -2.38. The van der Waals surface area contributed by atoms with Gasteiger partial charge in [0.1, 0.15) is 0 Å². The maximum atomic E-state index is 12.8. The number of piperidine rings is 1. The standard InChI is InChI=1S/C23H30N4O2S/c1-2-24-23(27-17-14-20-8-6-7-11-22(20)27)25-18-19-12-15-26(16-13-19)30(28,29)21-9-4-3-5-10-21/h3-11,19H,2,12-18H2,1H3,(H,24,25). The van der Waals surface area contributed by atoms with Crippen LogP contribution in [0.5, 0.6) is 0 Å². The van der Waals surface area contributed by atoms with Gasteiger partial charge in [-0.3, -0.25) is 4.99 Å². The van der Waals surface area contributed by atoms with Crippen LogP contribution < -0.4 is 10.2 Å². The first kappa shape index (κ1) is 20.9. The highest BCUT2D eigenvalue weighted by Crippen LogP contribution is 2.28. The summed E-state index contributed by atoms with van der Waals surface area (Å²) in [7, 11) is -3.39. The molecule has 0 saturated carbocycles. The number of guanidine groups is 1. The number of nitrogens with zero attached hydrogens (tertiary/aromatic N) is 3. The molecular weight excluding hydrogens is 396 g/mol. The van der Waals surface area contributed by atoms with Crippen LogP contribution >= 0.6 is 0 Å². The van der Waals surface area contributed by atoms with Gasteiger partial charge in [-0.25, -0.2) is 8.42 Å². The van der Waals surface area contributed by atoms with Crippen LogP contribution in [-0.4, -0.2) is 51.4 Å². The van der Waals surface area contributed by atoms with Gasteiger partial charge in [0.2, 0.25) is 10.0 Å². The number of hydrogen-bond acceptors (Lipinski definition) is 3. The van der Waals surface area contributed by atoms with Crippen molar-refractivity contribution in [2.75, 3.05) is 37.6 Å². The third-order valence-corrected chi connectivity index (χ3v) is 7.84. The zero-order valence-electron chi connectivity index (χ0n) is 17.5. The Balaban J connectivity index is 1.39. The van der Waals surface area contributed by atoms with Crippen molar-refractivity contribution in [3.63, 3.8) is 0 Å². The first-order valence-electron chi connectivity index (χ1n) is 10.8. The van der Waals surface area contributed by atoms with Crippen LogP contribution in [0.25, 0.3) is 0 Å². The molecule has 7 heteroatoms. The molecular formula is C23H30N4O2S. The predicted octanol–water partition coefficient (Wildman–Crippen LogP) is 3.12. The molecule has 1 saturated heterocycles. The van der Waals surface area contributed by atoms with Crippen LogP contribution in [0.4, 0.5) is 5.69 Å². The summed E-state index contributed by atoms with van der Waals surface area (Å²) in [5, 5.41) is 3.43. The van der Waals surface area contributed by atoms with Crippen molar-refractivity contribution in [3.8, 4) is 0 Å². The molecule has 4 rings (SSSR count). The monoisotopic (exact) mass is 426 g/mol. The van der Waals surface area contributed by atoms with Crippen molar-refractivity contribution in [3.05, 3.63) is 60.2 Å². The highest BCUT2D eigenvalue weighted by atomic mass is 32.2. The minimum atomic E-state index is -3.39. The molecule has 1 fully saturated rings. The van der Waals surface area contributed by atoms with E-state index in [9.17, 15) is 8.42 Å². The summed E-state index contributed by atoms with van der Waals surface area (Å²) >= 11 is 0. The summed E-state index contributed by atoms with van der Waals surface area (Å²) in [5.74, 6) is 1.33.